The summed E-state index contributed by atoms with van der Waals surface area (Å²) < 4.78 is 45.7. The van der Waals surface area contributed by atoms with E-state index in [1.165, 1.54) is 6.07 Å². The zero-order valence-corrected chi connectivity index (χ0v) is 18.0. The summed E-state index contributed by atoms with van der Waals surface area (Å²) in [5.74, 6) is 1.52. The molecule has 0 bridgehead atoms. The van der Waals surface area contributed by atoms with Crippen molar-refractivity contribution >= 4 is 25.6 Å². The van der Waals surface area contributed by atoms with Crippen molar-refractivity contribution in [3.05, 3.63) is 12.1 Å². The molecule has 0 radical (unpaired) electrons. The lowest BCUT2D eigenvalue weighted by Crippen LogP contribution is -2.35. The number of aliphatic hydroxyl groups excluding tert-OH is 1. The summed E-state index contributed by atoms with van der Waals surface area (Å²) in [6, 6.07) is 3.21. The highest BCUT2D eigenvalue weighted by Gasteiger charge is 2.55. The van der Waals surface area contributed by atoms with Gasteiger partial charge < -0.3 is 21.5 Å². The van der Waals surface area contributed by atoms with Crippen molar-refractivity contribution in [2.24, 2.45) is 33.0 Å². The van der Waals surface area contributed by atoms with Gasteiger partial charge in [-0.15, -0.1) is 10.2 Å². The van der Waals surface area contributed by atoms with Crippen LogP contribution in [0.2, 0.25) is 0 Å². The molecular formula is C16H23N9O4S2. The molecule has 7 N–H and O–H groups in total. The van der Waals surface area contributed by atoms with Crippen LogP contribution in [0.5, 0.6) is 0 Å². The van der Waals surface area contributed by atoms with Gasteiger partial charge in [-0.25, -0.2) is 8.93 Å². The molecule has 15 heteroatoms. The molecular weight excluding hydrogens is 446 g/mol. The van der Waals surface area contributed by atoms with Crippen LogP contribution in [0.25, 0.3) is 11.4 Å². The van der Waals surface area contributed by atoms with Crippen LogP contribution in [0.1, 0.15) is 0 Å². The maximum absolute atomic E-state index is 13.4. The molecule has 5 rings (SSSR count). The predicted molar refractivity (Wildman–Crippen MR) is 110 cm³/mol. The molecule has 2 aliphatic heterocycles. The number of nitrogens with two attached hydrogens (primary N) is 2. The van der Waals surface area contributed by atoms with E-state index in [4.69, 9.17) is 11.5 Å². The average Bonchev–Trinajstić information content (AvgIpc) is 3.16. The summed E-state index contributed by atoms with van der Waals surface area (Å²) in [5.41, 5.74) is 12.0. The highest BCUT2D eigenvalue weighted by molar-refractivity contribution is 8.05. The average molecular weight is 470 g/mol. The molecule has 1 saturated carbocycles. The van der Waals surface area contributed by atoms with Gasteiger partial charge in [-0.3, -0.25) is 0 Å². The van der Waals surface area contributed by atoms with E-state index in [1.807, 2.05) is 0 Å². The van der Waals surface area contributed by atoms with Crippen LogP contribution in [-0.2, 0) is 19.9 Å². The maximum Gasteiger partial charge on any atom is 0.293 e. The molecule has 1 saturated heterocycles. The van der Waals surface area contributed by atoms with E-state index in [0.29, 0.717) is 30.0 Å². The van der Waals surface area contributed by atoms with E-state index < -0.39 is 26.0 Å². The molecule has 31 heavy (non-hydrogen) atoms. The highest BCUT2D eigenvalue weighted by atomic mass is 32.3. The van der Waals surface area contributed by atoms with Gasteiger partial charge in [0.1, 0.15) is 4.90 Å². The first-order valence-corrected chi connectivity index (χ1v) is 12.8. The minimum atomic E-state index is -4.29. The zero-order valence-electron chi connectivity index (χ0n) is 16.4. The normalized spacial score (nSPS) is 31.2. The van der Waals surface area contributed by atoms with Gasteiger partial charge >= 0.3 is 0 Å². The lowest BCUT2D eigenvalue weighted by Gasteiger charge is -2.25. The van der Waals surface area contributed by atoms with Crippen LogP contribution >= 0.6 is 0 Å². The molecule has 1 aromatic carbocycles. The van der Waals surface area contributed by atoms with Crippen LogP contribution in [0.15, 0.2) is 25.7 Å². The lowest BCUT2D eigenvalue weighted by atomic mass is 10.1. The number of aromatic amines is 1. The van der Waals surface area contributed by atoms with Gasteiger partial charge in [0.15, 0.2) is 9.92 Å². The smallest absolute Gasteiger partial charge is 0.293 e. The Bertz CT molecular complexity index is 1230. The quantitative estimate of drug-likeness (QED) is 0.297. The number of H-pyrrole nitrogens is 1. The minimum absolute atomic E-state index is 0.00413. The van der Waals surface area contributed by atoms with Crippen molar-refractivity contribution in [2.75, 3.05) is 37.6 Å². The van der Waals surface area contributed by atoms with Gasteiger partial charge in [0.2, 0.25) is 5.82 Å². The molecule has 3 aliphatic rings. The number of piperidine rings is 1. The van der Waals surface area contributed by atoms with Crippen molar-refractivity contribution < 1.29 is 17.7 Å². The Morgan fingerprint density at radius 3 is 2.61 bits per heavy atom. The molecule has 13 nitrogen and oxygen atoms in total. The Hall–Kier alpha value is -2.17. The van der Waals surface area contributed by atoms with Gasteiger partial charge in [-0.05, 0) is 41.6 Å². The molecule has 1 unspecified atom stereocenters. The second-order valence-electron chi connectivity index (χ2n) is 7.97. The second-order valence-corrected chi connectivity index (χ2v) is 11.7. The molecule has 3 heterocycles. The van der Waals surface area contributed by atoms with Crippen molar-refractivity contribution in [3.8, 4) is 11.4 Å². The Balaban J connectivity index is 1.62. The summed E-state index contributed by atoms with van der Waals surface area (Å²) in [7, 11) is -7.83. The molecule has 168 valence electrons. The molecule has 1 aliphatic carbocycles. The van der Waals surface area contributed by atoms with Gasteiger partial charge in [0.25, 0.3) is 10.0 Å². The number of sulfonamides is 1. The van der Waals surface area contributed by atoms with E-state index >= 15 is 0 Å². The Morgan fingerprint density at radius 2 is 2.00 bits per heavy atom. The molecule has 0 amide bonds. The first kappa shape index (κ1) is 20.7. The SMILES string of the molecule is NC[C@@H](O)CNS1(=O)=NS(=O)(=O)c2c1ccc(N1C[C@@H]3[C@@H](CN)[C@@H]3C1)c2-c1nn[nH]n1. The Morgan fingerprint density at radius 1 is 1.26 bits per heavy atom. The van der Waals surface area contributed by atoms with Crippen LogP contribution in [0, 0.1) is 17.8 Å². The molecule has 0 spiro atoms. The monoisotopic (exact) mass is 469 g/mol. The number of nitrogens with zero attached hydrogens (tertiary/aromatic N) is 5. The molecule has 2 fully saturated rings. The van der Waals surface area contributed by atoms with E-state index in [1.54, 1.807) is 6.07 Å². The summed E-state index contributed by atoms with van der Waals surface area (Å²) in [4.78, 5) is 1.88. The number of benzene rings is 1. The fraction of sp³-hybridized carbons (Fsp3) is 0.562. The summed E-state index contributed by atoms with van der Waals surface area (Å²) in [5, 5.41) is 23.6. The standard InChI is InChI=1S/C16H23N9O4S2/c17-3-8(26)5-19-30(27)13-2-1-12(25-6-10-9(4-18)11(10)7-25)14(16-20-22-23-21-16)15(13)31(28,29)24-30/h1-2,8-11,26H,3-7,17-18H2,(H,19,24,27)(H,20,21,22,23)/t8-,9-,10-,11+,30?/m1/s1. The van der Waals surface area contributed by atoms with Crippen LogP contribution < -0.4 is 21.1 Å². The topological polar surface area (TPSA) is 206 Å². The van der Waals surface area contributed by atoms with Crippen molar-refractivity contribution in [1.82, 2.24) is 25.3 Å². The van der Waals surface area contributed by atoms with Crippen molar-refractivity contribution in [3.63, 3.8) is 0 Å². The minimum Gasteiger partial charge on any atom is -0.390 e. The summed E-state index contributed by atoms with van der Waals surface area (Å²) in [6.45, 7) is 1.87. The number of fused-ring (bicyclic) bond motifs is 2. The zero-order chi connectivity index (χ0) is 22.0. The largest absolute Gasteiger partial charge is 0.390 e. The third kappa shape index (κ3) is 3.23. The van der Waals surface area contributed by atoms with Crippen molar-refractivity contribution in [1.29, 1.82) is 0 Å². The molecule has 1 aromatic heterocycles. The fourth-order valence-electron chi connectivity index (χ4n) is 4.58. The number of hydrogen-bond acceptors (Lipinski definition) is 10. The molecule has 2 aromatic rings. The van der Waals surface area contributed by atoms with Gasteiger partial charge in [-0.1, -0.05) is 3.77 Å². The van der Waals surface area contributed by atoms with Gasteiger partial charge in [0, 0.05) is 31.9 Å². The van der Waals surface area contributed by atoms with Crippen LogP contribution in [0.3, 0.4) is 0 Å². The number of aromatic nitrogens is 4. The number of rotatable bonds is 7. The number of hydrogen-bond donors (Lipinski definition) is 5. The lowest BCUT2D eigenvalue weighted by molar-refractivity contribution is 0.187. The number of tetrazole rings is 1. The first-order valence-electron chi connectivity index (χ1n) is 9.81. The van der Waals surface area contributed by atoms with E-state index in [9.17, 15) is 17.7 Å². The van der Waals surface area contributed by atoms with E-state index in [-0.39, 0.29) is 34.3 Å². The van der Waals surface area contributed by atoms with E-state index in [0.717, 1.165) is 13.1 Å². The Labute approximate surface area is 178 Å². The summed E-state index contributed by atoms with van der Waals surface area (Å²) >= 11 is 0. The van der Waals surface area contributed by atoms with Gasteiger partial charge in [-0.2, -0.15) is 13.6 Å². The third-order valence-corrected chi connectivity index (χ3v) is 10.4. The highest BCUT2D eigenvalue weighted by Crippen LogP contribution is 2.53. The van der Waals surface area contributed by atoms with Crippen LogP contribution in [-0.4, -0.2) is 77.2 Å². The van der Waals surface area contributed by atoms with Gasteiger partial charge in [0.05, 0.1) is 16.6 Å². The maximum atomic E-state index is 13.4. The Kier molecular flexibility index (Phi) is 4.80. The summed E-state index contributed by atoms with van der Waals surface area (Å²) in [6.07, 6.45) is -0.997. The first-order chi connectivity index (χ1) is 14.8. The fourth-order valence-corrected chi connectivity index (χ4v) is 9.13. The molecule has 5 atom stereocenters. The predicted octanol–water partition coefficient (Wildman–Crippen LogP) is -2.14. The number of anilines is 1. The number of nitrogens with one attached hydrogen (secondary N) is 2. The number of aliphatic hydroxyl groups is 1. The van der Waals surface area contributed by atoms with Crippen LogP contribution in [0.4, 0.5) is 5.69 Å². The second kappa shape index (κ2) is 7.18. The van der Waals surface area contributed by atoms with Crippen molar-refractivity contribution in [2.45, 2.75) is 15.9 Å². The third-order valence-electron chi connectivity index (χ3n) is 6.20. The van der Waals surface area contributed by atoms with E-state index in [2.05, 4.69) is 34.0 Å².